The molecule has 0 unspecified atom stereocenters. The summed E-state index contributed by atoms with van der Waals surface area (Å²) in [5.74, 6) is -0.497. The van der Waals surface area contributed by atoms with Crippen molar-refractivity contribution in [2.75, 3.05) is 5.75 Å². The molecule has 94 valence electrons. The number of nitrogens with zero attached hydrogens (tertiary/aromatic N) is 1. The summed E-state index contributed by atoms with van der Waals surface area (Å²) in [6.45, 7) is 3.32. The van der Waals surface area contributed by atoms with Crippen LogP contribution in [0.25, 0.3) is 11.0 Å². The minimum absolute atomic E-state index is 0.165. The molecule has 2 aromatic rings. The molecule has 18 heavy (non-hydrogen) atoms. The van der Waals surface area contributed by atoms with Crippen LogP contribution in [-0.4, -0.2) is 27.5 Å². The van der Waals surface area contributed by atoms with E-state index >= 15 is 0 Å². The highest BCUT2D eigenvalue weighted by Crippen LogP contribution is 2.19. The van der Waals surface area contributed by atoms with Crippen LogP contribution in [0.15, 0.2) is 23.4 Å². The molecule has 6 heteroatoms. The van der Waals surface area contributed by atoms with Gasteiger partial charge < -0.3 is 4.98 Å². The monoisotopic (exact) mass is 263 g/mol. The molecule has 0 aliphatic carbocycles. The van der Waals surface area contributed by atoms with Gasteiger partial charge in [0.2, 0.25) is 11.8 Å². The van der Waals surface area contributed by atoms with Crippen molar-refractivity contribution >= 4 is 34.6 Å². The molecule has 0 saturated carbocycles. The number of aromatic amines is 1. The Morgan fingerprint density at radius 1 is 1.44 bits per heavy atom. The minimum atomic E-state index is -0.346. The van der Waals surface area contributed by atoms with Crippen LogP contribution in [-0.2, 0) is 9.59 Å². The molecule has 0 fully saturated rings. The zero-order valence-electron chi connectivity index (χ0n) is 10.1. The average molecular weight is 263 g/mol. The predicted octanol–water partition coefficient (Wildman–Crippen LogP) is 1.63. The molecule has 2 N–H and O–H groups in total. The lowest BCUT2D eigenvalue weighted by molar-refractivity contribution is -0.127. The first-order chi connectivity index (χ1) is 8.54. The number of aryl methyl sites for hydroxylation is 1. The number of nitrogens with one attached hydrogen (secondary N) is 2. The molecule has 0 bridgehead atoms. The number of hydrogen-bond acceptors (Lipinski definition) is 4. The topological polar surface area (TPSA) is 74.8 Å². The van der Waals surface area contributed by atoms with Gasteiger partial charge in [0.1, 0.15) is 0 Å². The maximum Gasteiger partial charge on any atom is 0.237 e. The summed E-state index contributed by atoms with van der Waals surface area (Å²) >= 11 is 1.27. The van der Waals surface area contributed by atoms with Crippen LogP contribution in [0.4, 0.5) is 0 Å². The van der Waals surface area contributed by atoms with Gasteiger partial charge in [0, 0.05) is 6.92 Å². The number of imide groups is 1. The Labute approximate surface area is 108 Å². The molecular weight excluding hydrogens is 250 g/mol. The number of H-pyrrole nitrogens is 1. The number of amides is 2. The van der Waals surface area contributed by atoms with E-state index in [0.717, 1.165) is 16.6 Å². The summed E-state index contributed by atoms with van der Waals surface area (Å²) in [6, 6.07) is 5.92. The Morgan fingerprint density at radius 3 is 2.94 bits per heavy atom. The van der Waals surface area contributed by atoms with Crippen molar-refractivity contribution in [2.24, 2.45) is 0 Å². The summed E-state index contributed by atoms with van der Waals surface area (Å²) in [5, 5.41) is 2.89. The van der Waals surface area contributed by atoms with Crippen LogP contribution in [0, 0.1) is 6.92 Å². The van der Waals surface area contributed by atoms with Crippen molar-refractivity contribution in [3.05, 3.63) is 23.8 Å². The molecule has 2 amide bonds. The molecule has 1 aromatic heterocycles. The normalized spacial score (nSPS) is 10.6. The lowest BCUT2D eigenvalue weighted by Crippen LogP contribution is -2.29. The molecule has 1 heterocycles. The highest BCUT2D eigenvalue weighted by Gasteiger charge is 2.08. The zero-order chi connectivity index (χ0) is 13.1. The van der Waals surface area contributed by atoms with Crippen molar-refractivity contribution in [2.45, 2.75) is 19.0 Å². The second kappa shape index (κ2) is 5.22. The van der Waals surface area contributed by atoms with Crippen LogP contribution in [0.1, 0.15) is 12.5 Å². The van der Waals surface area contributed by atoms with Gasteiger partial charge in [-0.15, -0.1) is 0 Å². The number of carbonyl (C=O) groups is 2. The number of benzene rings is 1. The molecule has 1 aromatic carbocycles. The Morgan fingerprint density at radius 2 is 2.22 bits per heavy atom. The van der Waals surface area contributed by atoms with Gasteiger partial charge >= 0.3 is 0 Å². The Balaban J connectivity index is 2.04. The summed E-state index contributed by atoms with van der Waals surface area (Å²) in [6.07, 6.45) is 0. The van der Waals surface area contributed by atoms with E-state index < -0.39 is 0 Å². The van der Waals surface area contributed by atoms with Crippen molar-refractivity contribution in [1.29, 1.82) is 0 Å². The number of thioether (sulfide) groups is 1. The minimum Gasteiger partial charge on any atom is -0.333 e. The first-order valence-electron chi connectivity index (χ1n) is 5.44. The Hall–Kier alpha value is -1.82. The standard InChI is InChI=1S/C12H13N3O2S/c1-7-3-4-9-10(5-7)15-12(14-9)18-6-11(17)13-8(2)16/h3-5H,6H2,1-2H3,(H,14,15)(H,13,16,17). The van der Waals surface area contributed by atoms with E-state index in [0.29, 0.717) is 5.16 Å². The largest absolute Gasteiger partial charge is 0.333 e. The van der Waals surface area contributed by atoms with Gasteiger partial charge in [0.05, 0.1) is 16.8 Å². The summed E-state index contributed by atoms with van der Waals surface area (Å²) in [5.41, 5.74) is 2.97. The summed E-state index contributed by atoms with van der Waals surface area (Å²) in [7, 11) is 0. The third-order valence-corrected chi connectivity index (χ3v) is 3.14. The van der Waals surface area contributed by atoms with Crippen LogP contribution < -0.4 is 5.32 Å². The third kappa shape index (κ3) is 3.10. The SMILES string of the molecule is CC(=O)NC(=O)CSc1nc2ccc(C)cc2[nH]1. The van der Waals surface area contributed by atoms with Crippen LogP contribution in [0.2, 0.25) is 0 Å². The average Bonchev–Trinajstić information content (AvgIpc) is 2.67. The highest BCUT2D eigenvalue weighted by molar-refractivity contribution is 7.99. The molecule has 5 nitrogen and oxygen atoms in total. The molecule has 0 aliphatic rings. The van der Waals surface area contributed by atoms with E-state index in [9.17, 15) is 9.59 Å². The van der Waals surface area contributed by atoms with Gasteiger partial charge in [-0.2, -0.15) is 0 Å². The number of carbonyl (C=O) groups excluding carboxylic acids is 2. The van der Waals surface area contributed by atoms with Gasteiger partial charge in [-0.1, -0.05) is 17.8 Å². The number of rotatable bonds is 3. The smallest absolute Gasteiger partial charge is 0.237 e. The lowest BCUT2D eigenvalue weighted by Gasteiger charge is -1.98. The maximum atomic E-state index is 11.3. The lowest BCUT2D eigenvalue weighted by atomic mass is 10.2. The van der Waals surface area contributed by atoms with E-state index in [4.69, 9.17) is 0 Å². The quantitative estimate of drug-likeness (QED) is 0.825. The predicted molar refractivity (Wildman–Crippen MR) is 70.4 cm³/mol. The van der Waals surface area contributed by atoms with E-state index in [-0.39, 0.29) is 17.6 Å². The number of fused-ring (bicyclic) bond motifs is 1. The molecule has 0 atom stereocenters. The first-order valence-corrected chi connectivity index (χ1v) is 6.43. The molecule has 0 radical (unpaired) electrons. The Bertz CT molecular complexity index is 606. The van der Waals surface area contributed by atoms with Crippen LogP contribution in [0.3, 0.4) is 0 Å². The second-order valence-corrected chi connectivity index (χ2v) is 4.92. The molecule has 0 saturated heterocycles. The van der Waals surface area contributed by atoms with E-state index in [2.05, 4.69) is 15.3 Å². The molecular formula is C12H13N3O2S. The van der Waals surface area contributed by atoms with Crippen LogP contribution in [0.5, 0.6) is 0 Å². The number of hydrogen-bond donors (Lipinski definition) is 2. The fourth-order valence-corrected chi connectivity index (χ4v) is 2.22. The fraction of sp³-hybridized carbons (Fsp3) is 0.250. The first kappa shape index (κ1) is 12.6. The van der Waals surface area contributed by atoms with Gasteiger partial charge in [-0.05, 0) is 24.6 Å². The molecule has 0 aliphatic heterocycles. The van der Waals surface area contributed by atoms with Gasteiger partial charge in [-0.25, -0.2) is 4.98 Å². The second-order valence-electron chi connectivity index (χ2n) is 3.96. The van der Waals surface area contributed by atoms with Crippen molar-refractivity contribution in [1.82, 2.24) is 15.3 Å². The third-order valence-electron chi connectivity index (χ3n) is 2.27. The van der Waals surface area contributed by atoms with E-state index in [1.165, 1.54) is 18.7 Å². The van der Waals surface area contributed by atoms with E-state index in [1.807, 2.05) is 25.1 Å². The van der Waals surface area contributed by atoms with Crippen molar-refractivity contribution < 1.29 is 9.59 Å². The van der Waals surface area contributed by atoms with Crippen molar-refractivity contribution in [3.8, 4) is 0 Å². The zero-order valence-corrected chi connectivity index (χ0v) is 10.9. The highest BCUT2D eigenvalue weighted by atomic mass is 32.2. The van der Waals surface area contributed by atoms with Gasteiger partial charge in [0.15, 0.2) is 5.16 Å². The van der Waals surface area contributed by atoms with Crippen LogP contribution >= 0.6 is 11.8 Å². The van der Waals surface area contributed by atoms with Crippen molar-refractivity contribution in [3.63, 3.8) is 0 Å². The summed E-state index contributed by atoms with van der Waals surface area (Å²) < 4.78 is 0. The maximum absolute atomic E-state index is 11.3. The van der Waals surface area contributed by atoms with E-state index in [1.54, 1.807) is 0 Å². The van der Waals surface area contributed by atoms with Gasteiger partial charge in [0.25, 0.3) is 0 Å². The molecule has 2 rings (SSSR count). The molecule has 0 spiro atoms. The van der Waals surface area contributed by atoms with Gasteiger partial charge in [-0.3, -0.25) is 14.9 Å². The number of imidazole rings is 1. The Kier molecular flexibility index (Phi) is 3.66. The fourth-order valence-electron chi connectivity index (χ4n) is 1.53. The summed E-state index contributed by atoms with van der Waals surface area (Å²) in [4.78, 5) is 29.5. The number of aromatic nitrogens is 2.